The number of fused-ring (bicyclic) bond motifs is 2. The topological polar surface area (TPSA) is 64.4 Å². The molecule has 0 spiro atoms. The maximum absolute atomic E-state index is 12.4. The number of aryl methyl sites for hydroxylation is 1. The van der Waals surface area contributed by atoms with Crippen LogP contribution in [0, 0.1) is 6.92 Å². The summed E-state index contributed by atoms with van der Waals surface area (Å²) in [5.74, 6) is 0.937. The molecule has 5 aromatic rings. The molecule has 1 N–H and O–H groups in total. The second-order valence-electron chi connectivity index (χ2n) is 7.42. The largest absolute Gasteiger partial charge is 0.484 e. The summed E-state index contributed by atoms with van der Waals surface area (Å²) < 4.78 is 11.5. The predicted octanol–water partition coefficient (Wildman–Crippen LogP) is 5.97. The number of aromatic nitrogens is 1. The molecule has 0 aliphatic heterocycles. The van der Waals surface area contributed by atoms with Gasteiger partial charge in [-0.05, 0) is 65.7 Å². The highest BCUT2D eigenvalue weighted by molar-refractivity contribution is 5.92. The Bertz CT molecular complexity index is 1400. The summed E-state index contributed by atoms with van der Waals surface area (Å²) in [6.07, 6.45) is 0. The van der Waals surface area contributed by atoms with Crippen LogP contribution in [0.4, 0.5) is 5.69 Å². The molecule has 0 fully saturated rings. The average Bonchev–Trinajstić information content (AvgIpc) is 3.21. The Morgan fingerprint density at radius 1 is 0.935 bits per heavy atom. The lowest BCUT2D eigenvalue weighted by molar-refractivity contribution is -0.118. The molecule has 0 bridgehead atoms. The Kier molecular flexibility index (Phi) is 4.84. The van der Waals surface area contributed by atoms with Gasteiger partial charge in [0.05, 0.1) is 0 Å². The van der Waals surface area contributed by atoms with Gasteiger partial charge in [0.1, 0.15) is 11.3 Å². The molecule has 0 saturated carbocycles. The maximum Gasteiger partial charge on any atom is 0.262 e. The van der Waals surface area contributed by atoms with Crippen molar-refractivity contribution in [2.75, 3.05) is 11.9 Å². The second-order valence-corrected chi connectivity index (χ2v) is 7.42. The molecule has 1 amide bonds. The molecule has 5 nitrogen and oxygen atoms in total. The van der Waals surface area contributed by atoms with Crippen molar-refractivity contribution >= 4 is 33.5 Å². The Hall–Kier alpha value is -4.12. The first-order chi connectivity index (χ1) is 15.1. The van der Waals surface area contributed by atoms with Gasteiger partial charge in [-0.2, -0.15) is 0 Å². The Labute approximate surface area is 179 Å². The fraction of sp³-hybridized carbons (Fsp3) is 0.0769. The standard InChI is InChI=1S/C26H20N2O3/c1-17-9-12-24-23(13-17)28-26(31-24)20-7-4-8-21(14-20)27-25(29)16-30-22-11-10-18-5-2-3-6-19(18)15-22/h2-15H,16H2,1H3,(H,27,29). The first-order valence-electron chi connectivity index (χ1n) is 10.0. The molecule has 5 heteroatoms. The number of rotatable bonds is 5. The molecule has 31 heavy (non-hydrogen) atoms. The fourth-order valence-corrected chi connectivity index (χ4v) is 3.49. The number of carbonyl (C=O) groups is 1. The Balaban J connectivity index is 1.27. The van der Waals surface area contributed by atoms with E-state index in [-0.39, 0.29) is 12.5 Å². The van der Waals surface area contributed by atoms with Crippen LogP contribution in [0.5, 0.6) is 5.75 Å². The van der Waals surface area contributed by atoms with Gasteiger partial charge in [0.2, 0.25) is 5.89 Å². The minimum absolute atomic E-state index is 0.0786. The molecule has 152 valence electrons. The van der Waals surface area contributed by atoms with E-state index < -0.39 is 0 Å². The van der Waals surface area contributed by atoms with Crippen molar-refractivity contribution in [2.24, 2.45) is 0 Å². The molecule has 4 aromatic carbocycles. The van der Waals surface area contributed by atoms with E-state index in [1.165, 1.54) is 0 Å². The number of amides is 1. The molecule has 0 aliphatic carbocycles. The highest BCUT2D eigenvalue weighted by Gasteiger charge is 2.10. The lowest BCUT2D eigenvalue weighted by Gasteiger charge is -2.09. The van der Waals surface area contributed by atoms with Crippen molar-refractivity contribution in [3.63, 3.8) is 0 Å². The van der Waals surface area contributed by atoms with Crippen LogP contribution >= 0.6 is 0 Å². The lowest BCUT2D eigenvalue weighted by atomic mass is 10.1. The van der Waals surface area contributed by atoms with Gasteiger partial charge in [-0.1, -0.05) is 42.5 Å². The summed E-state index contributed by atoms with van der Waals surface area (Å²) in [6.45, 7) is 1.94. The van der Waals surface area contributed by atoms with Crippen molar-refractivity contribution in [3.8, 4) is 17.2 Å². The van der Waals surface area contributed by atoms with E-state index in [2.05, 4.69) is 10.3 Å². The second kappa shape index (κ2) is 7.95. The molecule has 0 saturated heterocycles. The zero-order valence-corrected chi connectivity index (χ0v) is 17.0. The van der Waals surface area contributed by atoms with Gasteiger partial charge in [0.15, 0.2) is 12.2 Å². The fourth-order valence-electron chi connectivity index (χ4n) is 3.49. The van der Waals surface area contributed by atoms with Crippen molar-refractivity contribution in [3.05, 3.63) is 90.5 Å². The summed E-state index contributed by atoms with van der Waals surface area (Å²) in [6, 6.07) is 27.1. The van der Waals surface area contributed by atoms with Gasteiger partial charge in [-0.25, -0.2) is 4.98 Å². The average molecular weight is 408 g/mol. The van der Waals surface area contributed by atoms with E-state index in [1.807, 2.05) is 91.9 Å². The number of nitrogens with zero attached hydrogens (tertiary/aromatic N) is 1. The van der Waals surface area contributed by atoms with E-state index in [9.17, 15) is 4.79 Å². The van der Waals surface area contributed by atoms with Crippen molar-refractivity contribution < 1.29 is 13.9 Å². The Morgan fingerprint density at radius 2 is 1.81 bits per heavy atom. The van der Waals surface area contributed by atoms with Crippen molar-refractivity contribution in [2.45, 2.75) is 6.92 Å². The van der Waals surface area contributed by atoms with Crippen LogP contribution < -0.4 is 10.1 Å². The molecule has 1 heterocycles. The van der Waals surface area contributed by atoms with E-state index in [1.54, 1.807) is 0 Å². The molecular formula is C26H20N2O3. The number of nitrogens with one attached hydrogen (secondary N) is 1. The summed E-state index contributed by atoms with van der Waals surface area (Å²) in [5, 5.41) is 5.07. The number of benzene rings is 4. The number of hydrogen-bond donors (Lipinski definition) is 1. The molecule has 0 aliphatic rings. The lowest BCUT2D eigenvalue weighted by Crippen LogP contribution is -2.20. The molecule has 0 unspecified atom stereocenters. The smallest absolute Gasteiger partial charge is 0.262 e. The van der Waals surface area contributed by atoms with Gasteiger partial charge < -0.3 is 14.5 Å². The van der Waals surface area contributed by atoms with Crippen LogP contribution in [-0.4, -0.2) is 17.5 Å². The molecule has 5 rings (SSSR count). The van der Waals surface area contributed by atoms with Crippen LogP contribution in [-0.2, 0) is 4.79 Å². The van der Waals surface area contributed by atoms with Crippen LogP contribution in [0.1, 0.15) is 5.56 Å². The van der Waals surface area contributed by atoms with E-state index >= 15 is 0 Å². The van der Waals surface area contributed by atoms with Gasteiger partial charge in [-0.3, -0.25) is 4.79 Å². The molecule has 0 radical (unpaired) electrons. The van der Waals surface area contributed by atoms with Crippen molar-refractivity contribution in [1.29, 1.82) is 0 Å². The Morgan fingerprint density at radius 3 is 2.71 bits per heavy atom. The predicted molar refractivity (Wildman–Crippen MR) is 122 cm³/mol. The third kappa shape index (κ3) is 4.12. The number of oxazole rings is 1. The van der Waals surface area contributed by atoms with Gasteiger partial charge >= 0.3 is 0 Å². The highest BCUT2D eigenvalue weighted by Crippen LogP contribution is 2.27. The zero-order chi connectivity index (χ0) is 21.2. The van der Waals surface area contributed by atoms with Crippen LogP contribution in [0.2, 0.25) is 0 Å². The van der Waals surface area contributed by atoms with Gasteiger partial charge in [0.25, 0.3) is 5.91 Å². The number of carbonyl (C=O) groups excluding carboxylic acids is 1. The molecule has 1 aromatic heterocycles. The van der Waals surface area contributed by atoms with Crippen LogP contribution in [0.15, 0.2) is 89.3 Å². The molecule has 0 atom stereocenters. The van der Waals surface area contributed by atoms with Crippen LogP contribution in [0.25, 0.3) is 33.3 Å². The first kappa shape index (κ1) is 18.9. The third-order valence-corrected chi connectivity index (χ3v) is 5.03. The summed E-state index contributed by atoms with van der Waals surface area (Å²) in [7, 11) is 0. The number of anilines is 1. The van der Waals surface area contributed by atoms with Gasteiger partial charge in [-0.15, -0.1) is 0 Å². The van der Waals surface area contributed by atoms with E-state index in [4.69, 9.17) is 9.15 Å². The maximum atomic E-state index is 12.4. The third-order valence-electron chi connectivity index (χ3n) is 5.03. The number of ether oxygens (including phenoxy) is 1. The minimum Gasteiger partial charge on any atom is -0.484 e. The summed E-state index contributed by atoms with van der Waals surface area (Å²) in [5.41, 5.74) is 4.12. The zero-order valence-electron chi connectivity index (χ0n) is 17.0. The minimum atomic E-state index is -0.238. The summed E-state index contributed by atoms with van der Waals surface area (Å²) in [4.78, 5) is 17.0. The summed E-state index contributed by atoms with van der Waals surface area (Å²) >= 11 is 0. The monoisotopic (exact) mass is 408 g/mol. The first-order valence-corrected chi connectivity index (χ1v) is 10.0. The SMILES string of the molecule is Cc1ccc2oc(-c3cccc(NC(=O)COc4ccc5ccccc5c4)c3)nc2c1. The van der Waals surface area contributed by atoms with Crippen molar-refractivity contribution in [1.82, 2.24) is 4.98 Å². The highest BCUT2D eigenvalue weighted by atomic mass is 16.5. The van der Waals surface area contributed by atoms with E-state index in [0.29, 0.717) is 17.3 Å². The number of hydrogen-bond acceptors (Lipinski definition) is 4. The van der Waals surface area contributed by atoms with Gasteiger partial charge in [0, 0.05) is 11.3 Å². The van der Waals surface area contributed by atoms with E-state index in [0.717, 1.165) is 33.0 Å². The van der Waals surface area contributed by atoms with Crippen LogP contribution in [0.3, 0.4) is 0 Å². The molecular weight excluding hydrogens is 388 g/mol. The normalized spacial score (nSPS) is 11.0. The quantitative estimate of drug-likeness (QED) is 0.389.